The fourth-order valence-corrected chi connectivity index (χ4v) is 6.68. The van der Waals surface area contributed by atoms with Crippen molar-refractivity contribution >= 4 is 21.6 Å². The predicted molar refractivity (Wildman–Crippen MR) is 148 cm³/mol. The van der Waals surface area contributed by atoms with Gasteiger partial charge in [0, 0.05) is 44.8 Å². The molecule has 0 atom stereocenters. The number of carbonyl (C=O) groups excluding carboxylic acids is 1. The minimum absolute atomic E-state index is 0.172. The third-order valence-electron chi connectivity index (χ3n) is 7.45. The summed E-state index contributed by atoms with van der Waals surface area (Å²) in [7, 11) is 0.860. The number of halogens is 1. The number of hydrogen-bond acceptors (Lipinski definition) is 7. The Labute approximate surface area is 233 Å². The van der Waals surface area contributed by atoms with Crippen LogP contribution in [0.25, 0.3) is 0 Å². The van der Waals surface area contributed by atoms with Crippen molar-refractivity contribution in [2.24, 2.45) is 0 Å². The quantitative estimate of drug-likeness (QED) is 0.430. The first kappa shape index (κ1) is 27.7. The van der Waals surface area contributed by atoms with Gasteiger partial charge in [-0.1, -0.05) is 6.07 Å². The highest BCUT2D eigenvalue weighted by atomic mass is 32.2. The first-order valence-electron chi connectivity index (χ1n) is 13.0. The fourth-order valence-electron chi connectivity index (χ4n) is 5.24. The monoisotopic (exact) mass is 569 g/mol. The first-order chi connectivity index (χ1) is 19.2. The number of fused-ring (bicyclic) bond motifs is 1. The van der Waals surface area contributed by atoms with Crippen LogP contribution in [0.4, 0.5) is 10.1 Å². The highest BCUT2D eigenvalue weighted by Crippen LogP contribution is 2.36. The number of carbonyl (C=O) groups is 1. The maximum absolute atomic E-state index is 13.8. The summed E-state index contributed by atoms with van der Waals surface area (Å²) in [5, 5.41) is 0. The molecular formula is C29H32FN3O6S. The lowest BCUT2D eigenvalue weighted by atomic mass is 10.0. The number of benzene rings is 3. The maximum Gasteiger partial charge on any atom is 0.254 e. The summed E-state index contributed by atoms with van der Waals surface area (Å²) in [4.78, 5) is 16.7. The largest absolute Gasteiger partial charge is 0.495 e. The van der Waals surface area contributed by atoms with Gasteiger partial charge in [-0.3, -0.25) is 4.79 Å². The molecule has 2 heterocycles. The topological polar surface area (TPSA) is 88.6 Å². The Morgan fingerprint density at radius 3 is 2.12 bits per heavy atom. The van der Waals surface area contributed by atoms with Gasteiger partial charge >= 0.3 is 0 Å². The molecule has 2 aliphatic heterocycles. The van der Waals surface area contributed by atoms with Crippen molar-refractivity contribution in [3.05, 3.63) is 77.1 Å². The van der Waals surface area contributed by atoms with E-state index in [1.165, 1.54) is 22.5 Å². The SMILES string of the molecule is COc1cc2c(cc1OC)CN(S(=O)(=O)c1ccc(OC)c(N3CCN(C(=O)c4cccc(F)c4)CC3)c1)CC2. The highest BCUT2D eigenvalue weighted by Gasteiger charge is 2.31. The molecule has 0 unspecified atom stereocenters. The number of ether oxygens (including phenoxy) is 3. The number of sulfonamides is 1. The zero-order valence-electron chi connectivity index (χ0n) is 22.7. The Hall–Kier alpha value is -3.83. The number of amides is 1. The van der Waals surface area contributed by atoms with Gasteiger partial charge in [-0.15, -0.1) is 0 Å². The standard InChI is InChI=1S/C29H32FN3O6S/c1-37-26-8-7-24(40(35,36)33-10-9-20-16-27(38-2)28(39-3)17-22(20)19-33)18-25(26)31-11-13-32(14-12-31)29(34)21-5-4-6-23(30)15-21/h4-8,15-18H,9-14,19H2,1-3H3. The van der Waals surface area contributed by atoms with Gasteiger partial charge < -0.3 is 24.0 Å². The summed E-state index contributed by atoms with van der Waals surface area (Å²) in [6.07, 6.45) is 0.555. The van der Waals surface area contributed by atoms with Gasteiger partial charge in [-0.2, -0.15) is 4.31 Å². The average molecular weight is 570 g/mol. The van der Waals surface area contributed by atoms with Crippen molar-refractivity contribution in [2.75, 3.05) is 59.0 Å². The third-order valence-corrected chi connectivity index (χ3v) is 9.29. The van der Waals surface area contributed by atoms with Crippen LogP contribution in [0.3, 0.4) is 0 Å². The molecule has 0 aliphatic carbocycles. The maximum atomic E-state index is 13.8. The molecule has 0 radical (unpaired) electrons. The molecule has 0 N–H and O–H groups in total. The van der Waals surface area contributed by atoms with Crippen molar-refractivity contribution in [1.29, 1.82) is 0 Å². The van der Waals surface area contributed by atoms with Crippen LogP contribution in [-0.2, 0) is 23.0 Å². The lowest BCUT2D eigenvalue weighted by molar-refractivity contribution is 0.0746. The van der Waals surface area contributed by atoms with Gasteiger partial charge in [0.1, 0.15) is 11.6 Å². The summed E-state index contributed by atoms with van der Waals surface area (Å²) in [5.74, 6) is 1.03. The van der Waals surface area contributed by atoms with E-state index in [-0.39, 0.29) is 17.3 Å². The normalized spacial score (nSPS) is 15.9. The lowest BCUT2D eigenvalue weighted by Gasteiger charge is -2.37. The van der Waals surface area contributed by atoms with Crippen LogP contribution in [0.5, 0.6) is 17.2 Å². The molecular weight excluding hydrogens is 537 g/mol. The van der Waals surface area contributed by atoms with Crippen molar-refractivity contribution in [3.63, 3.8) is 0 Å². The fraction of sp³-hybridized carbons (Fsp3) is 0.345. The Kier molecular flexibility index (Phi) is 7.86. The van der Waals surface area contributed by atoms with Crippen LogP contribution in [0, 0.1) is 5.82 Å². The number of hydrogen-bond donors (Lipinski definition) is 0. The molecule has 0 saturated carbocycles. The Balaban J connectivity index is 1.35. The summed E-state index contributed by atoms with van der Waals surface area (Å²) in [6, 6.07) is 14.3. The van der Waals surface area contributed by atoms with E-state index in [1.807, 2.05) is 17.0 Å². The molecule has 1 fully saturated rings. The number of anilines is 1. The molecule has 5 rings (SSSR count). The summed E-state index contributed by atoms with van der Waals surface area (Å²) in [5.41, 5.74) is 2.86. The minimum Gasteiger partial charge on any atom is -0.495 e. The second-order valence-corrected chi connectivity index (χ2v) is 11.6. The van der Waals surface area contributed by atoms with E-state index in [2.05, 4.69) is 0 Å². The second kappa shape index (κ2) is 11.3. The molecule has 9 nitrogen and oxygen atoms in total. The number of piperazine rings is 1. The van der Waals surface area contributed by atoms with Crippen LogP contribution in [-0.4, -0.2) is 77.6 Å². The first-order valence-corrected chi connectivity index (χ1v) is 14.4. The van der Waals surface area contributed by atoms with Gasteiger partial charge in [0.15, 0.2) is 11.5 Å². The van der Waals surface area contributed by atoms with Gasteiger partial charge in [0.25, 0.3) is 5.91 Å². The molecule has 11 heteroatoms. The summed E-state index contributed by atoms with van der Waals surface area (Å²) >= 11 is 0. The van der Waals surface area contributed by atoms with Crippen molar-refractivity contribution < 1.29 is 31.8 Å². The molecule has 0 aromatic heterocycles. The number of rotatable bonds is 7. The molecule has 3 aromatic rings. The minimum atomic E-state index is -3.81. The Morgan fingerprint density at radius 1 is 0.800 bits per heavy atom. The van der Waals surface area contributed by atoms with E-state index < -0.39 is 15.8 Å². The van der Waals surface area contributed by atoms with E-state index in [1.54, 1.807) is 50.5 Å². The van der Waals surface area contributed by atoms with Crippen molar-refractivity contribution in [3.8, 4) is 17.2 Å². The van der Waals surface area contributed by atoms with Gasteiger partial charge in [0.2, 0.25) is 10.0 Å². The van der Waals surface area contributed by atoms with E-state index >= 15 is 0 Å². The van der Waals surface area contributed by atoms with E-state index in [4.69, 9.17) is 14.2 Å². The van der Waals surface area contributed by atoms with E-state index in [9.17, 15) is 17.6 Å². The van der Waals surface area contributed by atoms with Crippen LogP contribution < -0.4 is 19.1 Å². The molecule has 212 valence electrons. The zero-order valence-corrected chi connectivity index (χ0v) is 23.5. The number of methoxy groups -OCH3 is 3. The molecule has 0 spiro atoms. The lowest BCUT2D eigenvalue weighted by Crippen LogP contribution is -2.49. The zero-order chi connectivity index (χ0) is 28.4. The van der Waals surface area contributed by atoms with Crippen molar-refractivity contribution in [1.82, 2.24) is 9.21 Å². The van der Waals surface area contributed by atoms with Crippen LogP contribution >= 0.6 is 0 Å². The summed E-state index contributed by atoms with van der Waals surface area (Å²) < 4.78 is 59.0. The summed E-state index contributed by atoms with van der Waals surface area (Å²) in [6.45, 7) is 2.32. The Morgan fingerprint density at radius 2 is 1.48 bits per heavy atom. The average Bonchev–Trinajstić information content (AvgIpc) is 2.99. The van der Waals surface area contributed by atoms with Crippen LogP contribution in [0.2, 0.25) is 0 Å². The Bertz CT molecular complexity index is 1520. The second-order valence-electron chi connectivity index (χ2n) is 9.69. The molecule has 2 aliphatic rings. The third kappa shape index (κ3) is 5.31. The van der Waals surface area contributed by atoms with Gasteiger partial charge in [0.05, 0.1) is 31.9 Å². The van der Waals surface area contributed by atoms with E-state index in [0.29, 0.717) is 67.6 Å². The predicted octanol–water partition coefficient (Wildman–Crippen LogP) is 3.56. The highest BCUT2D eigenvalue weighted by molar-refractivity contribution is 7.89. The van der Waals surface area contributed by atoms with Gasteiger partial charge in [-0.25, -0.2) is 12.8 Å². The molecule has 40 heavy (non-hydrogen) atoms. The van der Waals surface area contributed by atoms with Gasteiger partial charge in [-0.05, 0) is 66.1 Å². The smallest absolute Gasteiger partial charge is 0.254 e. The van der Waals surface area contributed by atoms with Crippen LogP contribution in [0.15, 0.2) is 59.5 Å². The van der Waals surface area contributed by atoms with Crippen LogP contribution in [0.1, 0.15) is 21.5 Å². The molecule has 1 saturated heterocycles. The van der Waals surface area contributed by atoms with E-state index in [0.717, 1.165) is 11.1 Å². The molecule has 0 bridgehead atoms. The molecule has 3 aromatic carbocycles. The van der Waals surface area contributed by atoms with Crippen molar-refractivity contribution in [2.45, 2.75) is 17.9 Å². The number of nitrogens with zero attached hydrogens (tertiary/aromatic N) is 3. The molecule has 1 amide bonds.